The molecule has 5 heteroatoms. The van der Waals surface area contributed by atoms with Crippen LogP contribution in [0, 0.1) is 0 Å². The Bertz CT molecular complexity index is 263. The van der Waals surface area contributed by atoms with Gasteiger partial charge in [-0.3, -0.25) is 4.79 Å². The third-order valence-electron chi connectivity index (χ3n) is 2.45. The fourth-order valence-corrected chi connectivity index (χ4v) is 1.98. The van der Waals surface area contributed by atoms with Gasteiger partial charge in [-0.05, 0) is 13.8 Å². The normalized spacial score (nSPS) is 38.5. The largest absolute Gasteiger partial charge is 0.436 e. The maximum Gasteiger partial charge on any atom is 0.304 e. The molecule has 0 aromatic heterocycles. The molecule has 15 heavy (non-hydrogen) atoms. The van der Waals surface area contributed by atoms with E-state index >= 15 is 0 Å². The maximum absolute atomic E-state index is 10.8. The zero-order chi connectivity index (χ0) is 11.1. The van der Waals surface area contributed by atoms with Crippen molar-refractivity contribution in [2.45, 2.75) is 51.5 Å². The third kappa shape index (κ3) is 2.48. The first-order chi connectivity index (χ1) is 6.96. The average Bonchev–Trinajstić information content (AvgIpc) is 2.36. The van der Waals surface area contributed by atoms with Crippen molar-refractivity contribution in [2.75, 3.05) is 6.61 Å². The number of hydrogen-bond acceptors (Lipinski definition) is 5. The highest BCUT2D eigenvalue weighted by atomic mass is 16.8. The van der Waals surface area contributed by atoms with Crippen LogP contribution < -0.4 is 0 Å². The first-order valence-corrected chi connectivity index (χ1v) is 5.11. The van der Waals surface area contributed by atoms with E-state index in [-0.39, 0.29) is 18.2 Å². The van der Waals surface area contributed by atoms with E-state index in [1.807, 2.05) is 13.8 Å². The lowest BCUT2D eigenvalue weighted by Gasteiger charge is -2.28. The fourth-order valence-electron chi connectivity index (χ4n) is 1.98. The molecule has 2 heterocycles. The summed E-state index contributed by atoms with van der Waals surface area (Å²) in [5.41, 5.74) is 0. The fraction of sp³-hybridized carbons (Fsp3) is 0.900. The molecule has 0 bridgehead atoms. The number of esters is 1. The first kappa shape index (κ1) is 10.9. The Hall–Kier alpha value is -0.650. The summed E-state index contributed by atoms with van der Waals surface area (Å²) in [7, 11) is 0. The Balaban J connectivity index is 1.92. The van der Waals surface area contributed by atoms with Gasteiger partial charge in [0, 0.05) is 13.3 Å². The van der Waals surface area contributed by atoms with Crippen molar-refractivity contribution in [3.63, 3.8) is 0 Å². The Labute approximate surface area is 88.6 Å². The molecule has 86 valence electrons. The highest BCUT2D eigenvalue weighted by Gasteiger charge is 2.45. The lowest BCUT2D eigenvalue weighted by Crippen LogP contribution is -2.40. The van der Waals surface area contributed by atoms with Gasteiger partial charge in [-0.1, -0.05) is 0 Å². The molecule has 5 nitrogen and oxygen atoms in total. The molecule has 2 rings (SSSR count). The molecule has 0 saturated carbocycles. The molecule has 2 fully saturated rings. The van der Waals surface area contributed by atoms with Crippen LogP contribution in [0.5, 0.6) is 0 Å². The Morgan fingerprint density at radius 3 is 2.67 bits per heavy atom. The predicted octanol–water partition coefficient (Wildman–Crippen LogP) is 0.816. The van der Waals surface area contributed by atoms with E-state index < -0.39 is 12.1 Å². The Morgan fingerprint density at radius 2 is 2.00 bits per heavy atom. The molecule has 0 radical (unpaired) electrons. The quantitative estimate of drug-likeness (QED) is 0.607. The van der Waals surface area contributed by atoms with Gasteiger partial charge < -0.3 is 18.9 Å². The molecule has 3 unspecified atom stereocenters. The van der Waals surface area contributed by atoms with Crippen LogP contribution in [0.4, 0.5) is 0 Å². The van der Waals surface area contributed by atoms with Gasteiger partial charge in [-0.25, -0.2) is 0 Å². The highest BCUT2D eigenvalue weighted by Crippen LogP contribution is 2.34. The minimum atomic E-state index is -0.566. The van der Waals surface area contributed by atoms with Gasteiger partial charge in [-0.2, -0.15) is 0 Å². The van der Waals surface area contributed by atoms with E-state index in [1.165, 1.54) is 6.92 Å². The second kappa shape index (κ2) is 3.73. The summed E-state index contributed by atoms with van der Waals surface area (Å²) < 4.78 is 21.6. The maximum atomic E-state index is 10.8. The highest BCUT2D eigenvalue weighted by molar-refractivity contribution is 5.66. The SMILES string of the molecule is CC(=O)OC1CC2OC(C)(C)OC2CO1. The summed E-state index contributed by atoms with van der Waals surface area (Å²) in [6.45, 7) is 5.51. The van der Waals surface area contributed by atoms with Crippen molar-refractivity contribution in [1.82, 2.24) is 0 Å². The summed E-state index contributed by atoms with van der Waals surface area (Å²) in [6.07, 6.45) is -0.0561. The average molecular weight is 216 g/mol. The van der Waals surface area contributed by atoms with Gasteiger partial charge in [-0.15, -0.1) is 0 Å². The number of carbonyl (C=O) groups excluding carboxylic acids is 1. The second-order valence-corrected chi connectivity index (χ2v) is 4.32. The molecule has 3 atom stereocenters. The van der Waals surface area contributed by atoms with Crippen molar-refractivity contribution in [3.05, 3.63) is 0 Å². The summed E-state index contributed by atoms with van der Waals surface area (Å²) in [5.74, 6) is -0.902. The monoisotopic (exact) mass is 216 g/mol. The molecule has 0 N–H and O–H groups in total. The van der Waals surface area contributed by atoms with Crippen LogP contribution in [0.2, 0.25) is 0 Å². The van der Waals surface area contributed by atoms with Gasteiger partial charge >= 0.3 is 5.97 Å². The van der Waals surface area contributed by atoms with Gasteiger partial charge in [0.1, 0.15) is 6.10 Å². The molecule has 0 aromatic rings. The molecular formula is C10H16O5. The van der Waals surface area contributed by atoms with E-state index in [0.29, 0.717) is 13.0 Å². The van der Waals surface area contributed by atoms with Crippen LogP contribution in [0.3, 0.4) is 0 Å². The van der Waals surface area contributed by atoms with Crippen molar-refractivity contribution in [1.29, 1.82) is 0 Å². The summed E-state index contributed by atoms with van der Waals surface area (Å²) in [6, 6.07) is 0. The molecule has 0 amide bonds. The number of hydrogen-bond donors (Lipinski definition) is 0. The molecule has 0 aromatic carbocycles. The molecule has 0 aliphatic carbocycles. The van der Waals surface area contributed by atoms with Gasteiger partial charge in [0.2, 0.25) is 6.29 Å². The van der Waals surface area contributed by atoms with Crippen LogP contribution in [0.15, 0.2) is 0 Å². The van der Waals surface area contributed by atoms with Crippen LogP contribution in [-0.4, -0.2) is 36.9 Å². The zero-order valence-corrected chi connectivity index (χ0v) is 9.19. The van der Waals surface area contributed by atoms with Crippen molar-refractivity contribution >= 4 is 5.97 Å². The Morgan fingerprint density at radius 1 is 1.33 bits per heavy atom. The van der Waals surface area contributed by atoms with Crippen molar-refractivity contribution in [2.24, 2.45) is 0 Å². The number of rotatable bonds is 1. The van der Waals surface area contributed by atoms with Gasteiger partial charge in [0.05, 0.1) is 12.7 Å². The van der Waals surface area contributed by atoms with Crippen LogP contribution >= 0.6 is 0 Å². The minimum absolute atomic E-state index is 0.0434. The number of ether oxygens (including phenoxy) is 4. The third-order valence-corrected chi connectivity index (χ3v) is 2.45. The van der Waals surface area contributed by atoms with Crippen LogP contribution in [0.1, 0.15) is 27.2 Å². The van der Waals surface area contributed by atoms with Gasteiger partial charge in [0.25, 0.3) is 0 Å². The summed E-state index contributed by atoms with van der Waals surface area (Å²) in [4.78, 5) is 10.8. The number of carbonyl (C=O) groups is 1. The molecular weight excluding hydrogens is 200 g/mol. The van der Waals surface area contributed by atoms with E-state index in [2.05, 4.69) is 0 Å². The van der Waals surface area contributed by atoms with Crippen LogP contribution in [-0.2, 0) is 23.7 Å². The van der Waals surface area contributed by atoms with Crippen molar-refractivity contribution < 1.29 is 23.7 Å². The zero-order valence-electron chi connectivity index (χ0n) is 9.19. The molecule has 2 saturated heterocycles. The second-order valence-electron chi connectivity index (χ2n) is 4.32. The molecule has 2 aliphatic rings. The minimum Gasteiger partial charge on any atom is -0.436 e. The summed E-state index contributed by atoms with van der Waals surface area (Å²) in [5, 5.41) is 0. The van der Waals surface area contributed by atoms with E-state index in [0.717, 1.165) is 0 Å². The predicted molar refractivity (Wildman–Crippen MR) is 49.9 cm³/mol. The van der Waals surface area contributed by atoms with Crippen molar-refractivity contribution in [3.8, 4) is 0 Å². The van der Waals surface area contributed by atoms with E-state index in [1.54, 1.807) is 0 Å². The molecule has 2 aliphatic heterocycles. The van der Waals surface area contributed by atoms with E-state index in [4.69, 9.17) is 18.9 Å². The molecule has 0 spiro atoms. The van der Waals surface area contributed by atoms with Gasteiger partial charge in [0.15, 0.2) is 5.79 Å². The summed E-state index contributed by atoms with van der Waals surface area (Å²) >= 11 is 0. The topological polar surface area (TPSA) is 54.0 Å². The Kier molecular flexibility index (Phi) is 2.70. The van der Waals surface area contributed by atoms with E-state index in [9.17, 15) is 4.79 Å². The standard InChI is InChI=1S/C10H16O5/c1-6(11)13-9-4-7-8(5-12-9)15-10(2,3)14-7/h7-9H,4-5H2,1-3H3. The lowest BCUT2D eigenvalue weighted by molar-refractivity contribution is -0.201. The first-order valence-electron chi connectivity index (χ1n) is 5.11. The smallest absolute Gasteiger partial charge is 0.304 e. The lowest BCUT2D eigenvalue weighted by atomic mass is 10.1. The van der Waals surface area contributed by atoms with Crippen LogP contribution in [0.25, 0.3) is 0 Å². The number of fused-ring (bicyclic) bond motifs is 1.